The number of halogens is 3. The first kappa shape index (κ1) is 11.3. The second-order valence-electron chi connectivity index (χ2n) is 3.41. The van der Waals surface area contributed by atoms with Crippen molar-refractivity contribution >= 4 is 5.97 Å². The van der Waals surface area contributed by atoms with Gasteiger partial charge >= 0.3 is 12.1 Å². The molecule has 4 nitrogen and oxygen atoms in total. The predicted octanol–water partition coefficient (Wildman–Crippen LogP) is 0.0828. The van der Waals surface area contributed by atoms with Gasteiger partial charge in [-0.2, -0.15) is 13.2 Å². The van der Waals surface area contributed by atoms with Gasteiger partial charge in [-0.05, 0) is 12.8 Å². The lowest BCUT2D eigenvalue weighted by Crippen LogP contribution is -2.51. The third kappa shape index (κ3) is 2.16. The fourth-order valence-electron chi connectivity index (χ4n) is 1.08. The second-order valence-corrected chi connectivity index (χ2v) is 3.41. The molecule has 0 aliphatic heterocycles. The van der Waals surface area contributed by atoms with Crippen molar-refractivity contribution in [2.75, 3.05) is 6.54 Å². The molecule has 0 saturated heterocycles. The van der Waals surface area contributed by atoms with Crippen LogP contribution in [0.25, 0.3) is 0 Å². The molecule has 7 heteroatoms. The number of nitrogens with two attached hydrogens (primary N) is 1. The maximum absolute atomic E-state index is 12.3. The highest BCUT2D eigenvalue weighted by molar-refractivity contribution is 5.73. The summed E-state index contributed by atoms with van der Waals surface area (Å²) in [5.41, 5.74) is 3.18. The fraction of sp³-hybridized carbons (Fsp3) is 0.857. The molecule has 1 unspecified atom stereocenters. The van der Waals surface area contributed by atoms with Gasteiger partial charge in [0.15, 0.2) is 0 Å². The lowest BCUT2D eigenvalue weighted by Gasteiger charge is -2.21. The Balaban J connectivity index is 2.42. The van der Waals surface area contributed by atoms with Crippen LogP contribution in [0, 0.1) is 0 Å². The molecule has 0 aromatic heterocycles. The van der Waals surface area contributed by atoms with E-state index in [1.165, 1.54) is 0 Å². The summed E-state index contributed by atoms with van der Waals surface area (Å²) in [6, 6.07) is -1.30. The van der Waals surface area contributed by atoms with Crippen LogP contribution in [0.3, 0.4) is 0 Å². The van der Waals surface area contributed by atoms with E-state index >= 15 is 0 Å². The molecule has 0 bridgehead atoms. The van der Waals surface area contributed by atoms with Crippen molar-refractivity contribution in [2.24, 2.45) is 5.73 Å². The van der Waals surface area contributed by atoms with Crippen molar-refractivity contribution in [2.45, 2.75) is 30.6 Å². The van der Waals surface area contributed by atoms with Crippen LogP contribution in [0.2, 0.25) is 0 Å². The zero-order valence-corrected chi connectivity index (χ0v) is 7.27. The van der Waals surface area contributed by atoms with Crippen molar-refractivity contribution in [3.05, 3.63) is 0 Å². The van der Waals surface area contributed by atoms with E-state index in [2.05, 4.69) is 5.32 Å². The molecule has 1 rings (SSSR count). The molecular weight excluding hydrogens is 201 g/mol. The molecule has 0 aromatic carbocycles. The highest BCUT2D eigenvalue weighted by Crippen LogP contribution is 2.48. The van der Waals surface area contributed by atoms with Crippen molar-refractivity contribution in [1.29, 1.82) is 0 Å². The number of carboxylic acids is 1. The topological polar surface area (TPSA) is 75.3 Å². The zero-order valence-electron chi connectivity index (χ0n) is 7.27. The third-order valence-corrected chi connectivity index (χ3v) is 2.27. The minimum atomic E-state index is -4.33. The normalized spacial score (nSPS) is 21.7. The van der Waals surface area contributed by atoms with Gasteiger partial charge in [0.05, 0.1) is 0 Å². The summed E-state index contributed by atoms with van der Waals surface area (Å²) < 4.78 is 36.9. The van der Waals surface area contributed by atoms with Gasteiger partial charge in [0.1, 0.15) is 11.6 Å². The van der Waals surface area contributed by atoms with Crippen LogP contribution in [0.5, 0.6) is 0 Å². The fourth-order valence-corrected chi connectivity index (χ4v) is 1.08. The summed E-state index contributed by atoms with van der Waals surface area (Å²) in [5, 5.41) is 10.5. The number of hydrogen-bond acceptors (Lipinski definition) is 3. The molecule has 1 atom stereocenters. The van der Waals surface area contributed by atoms with E-state index in [-0.39, 0.29) is 19.4 Å². The Labute approximate surface area is 78.3 Å². The maximum atomic E-state index is 12.3. The lowest BCUT2D eigenvalue weighted by molar-refractivity contribution is -0.166. The van der Waals surface area contributed by atoms with Gasteiger partial charge in [0.25, 0.3) is 0 Å². The van der Waals surface area contributed by atoms with E-state index in [1.807, 2.05) is 0 Å². The number of aliphatic carboxylic acids is 1. The van der Waals surface area contributed by atoms with Crippen LogP contribution in [0.4, 0.5) is 13.2 Å². The van der Waals surface area contributed by atoms with Gasteiger partial charge in [-0.3, -0.25) is 4.79 Å². The van der Waals surface area contributed by atoms with Crippen LogP contribution in [0.15, 0.2) is 0 Å². The Hall–Kier alpha value is -0.820. The number of alkyl halides is 3. The Morgan fingerprint density at radius 3 is 2.36 bits per heavy atom. The number of rotatable bonds is 4. The minimum Gasteiger partial charge on any atom is -0.480 e. The summed E-state index contributed by atoms with van der Waals surface area (Å²) in [7, 11) is 0. The minimum absolute atomic E-state index is 0.0111. The highest BCUT2D eigenvalue weighted by Gasteiger charge is 2.63. The van der Waals surface area contributed by atoms with Crippen LogP contribution >= 0.6 is 0 Å². The van der Waals surface area contributed by atoms with Crippen LogP contribution in [-0.2, 0) is 4.79 Å². The number of carboxylic acid groups (broad SMARTS) is 1. The first-order valence-corrected chi connectivity index (χ1v) is 4.09. The molecule has 1 aliphatic carbocycles. The molecule has 0 radical (unpaired) electrons. The van der Waals surface area contributed by atoms with Gasteiger partial charge in [0.2, 0.25) is 0 Å². The summed E-state index contributed by atoms with van der Waals surface area (Å²) >= 11 is 0. The third-order valence-electron chi connectivity index (χ3n) is 2.27. The summed E-state index contributed by atoms with van der Waals surface area (Å²) in [6.07, 6.45) is -4.35. The number of nitrogens with one attached hydrogen (secondary N) is 1. The van der Waals surface area contributed by atoms with Gasteiger partial charge in [-0.15, -0.1) is 0 Å². The van der Waals surface area contributed by atoms with E-state index in [0.717, 1.165) is 0 Å². The molecule has 0 amide bonds. The SMILES string of the molecule is NC(CNC1(C(F)(F)F)CC1)C(=O)O. The first-order chi connectivity index (χ1) is 6.28. The predicted molar refractivity (Wildman–Crippen MR) is 41.6 cm³/mol. The summed E-state index contributed by atoms with van der Waals surface area (Å²) in [5.74, 6) is -1.31. The van der Waals surface area contributed by atoms with E-state index in [1.54, 1.807) is 0 Å². The lowest BCUT2D eigenvalue weighted by atomic mass is 10.2. The Bertz CT molecular complexity index is 238. The average molecular weight is 212 g/mol. The monoisotopic (exact) mass is 212 g/mol. The Morgan fingerprint density at radius 2 is 2.07 bits per heavy atom. The number of carbonyl (C=O) groups is 1. The van der Waals surface area contributed by atoms with Crippen molar-refractivity contribution in [3.8, 4) is 0 Å². The van der Waals surface area contributed by atoms with Crippen molar-refractivity contribution in [3.63, 3.8) is 0 Å². The van der Waals surface area contributed by atoms with Crippen LogP contribution in [0.1, 0.15) is 12.8 Å². The Kier molecular flexibility index (Phi) is 2.73. The second kappa shape index (κ2) is 3.39. The van der Waals surface area contributed by atoms with Gasteiger partial charge in [0, 0.05) is 6.54 Å². The highest BCUT2D eigenvalue weighted by atomic mass is 19.4. The molecule has 1 fully saturated rings. The molecule has 0 spiro atoms. The molecular formula is C7H11F3N2O2. The summed E-state index contributed by atoms with van der Waals surface area (Å²) in [4.78, 5) is 10.2. The van der Waals surface area contributed by atoms with E-state index < -0.39 is 23.7 Å². The van der Waals surface area contributed by atoms with Gasteiger partial charge in [-0.25, -0.2) is 0 Å². The quantitative estimate of drug-likeness (QED) is 0.617. The van der Waals surface area contributed by atoms with Crippen molar-refractivity contribution < 1.29 is 23.1 Å². The summed E-state index contributed by atoms with van der Waals surface area (Å²) in [6.45, 7) is -0.366. The standard InChI is InChI=1S/C7H11F3N2O2/c8-7(9,10)6(1-2-6)12-3-4(11)5(13)14/h4,12H,1-3,11H2,(H,13,14). The maximum Gasteiger partial charge on any atom is 0.406 e. The van der Waals surface area contributed by atoms with Gasteiger partial charge in [-0.1, -0.05) is 0 Å². The molecule has 0 aromatic rings. The largest absolute Gasteiger partial charge is 0.480 e. The van der Waals surface area contributed by atoms with Crippen LogP contribution in [-0.4, -0.2) is 35.4 Å². The smallest absolute Gasteiger partial charge is 0.406 e. The zero-order chi connectivity index (χ0) is 11.0. The van der Waals surface area contributed by atoms with Crippen molar-refractivity contribution in [1.82, 2.24) is 5.32 Å². The first-order valence-electron chi connectivity index (χ1n) is 4.09. The van der Waals surface area contributed by atoms with E-state index in [4.69, 9.17) is 10.8 Å². The molecule has 1 aliphatic rings. The number of hydrogen-bond donors (Lipinski definition) is 3. The molecule has 82 valence electrons. The average Bonchev–Trinajstić information content (AvgIpc) is 2.78. The molecule has 1 saturated carbocycles. The molecule has 0 heterocycles. The van der Waals surface area contributed by atoms with E-state index in [0.29, 0.717) is 0 Å². The molecule has 4 N–H and O–H groups in total. The van der Waals surface area contributed by atoms with Gasteiger partial charge < -0.3 is 16.2 Å². The molecule has 14 heavy (non-hydrogen) atoms. The Morgan fingerprint density at radius 1 is 1.57 bits per heavy atom. The van der Waals surface area contributed by atoms with E-state index in [9.17, 15) is 18.0 Å². The van der Waals surface area contributed by atoms with Crippen LogP contribution < -0.4 is 11.1 Å².